The molecule has 3 heteroatoms. The minimum absolute atomic E-state index is 0.261. The van der Waals surface area contributed by atoms with Crippen LogP contribution in [0.15, 0.2) is 0 Å². The molecule has 0 aliphatic heterocycles. The van der Waals surface area contributed by atoms with Crippen LogP contribution >= 0.6 is 11.6 Å². The Morgan fingerprint density at radius 1 is 1.40 bits per heavy atom. The van der Waals surface area contributed by atoms with Crippen LogP contribution in [0.3, 0.4) is 0 Å². The molecule has 0 radical (unpaired) electrons. The largest absolute Gasteiger partial charge is 0.353 e. The van der Waals surface area contributed by atoms with Gasteiger partial charge in [-0.3, -0.25) is 4.79 Å². The van der Waals surface area contributed by atoms with E-state index in [1.165, 1.54) is 19.3 Å². The molecule has 0 saturated heterocycles. The summed E-state index contributed by atoms with van der Waals surface area (Å²) in [6.07, 6.45) is 7.85. The summed E-state index contributed by atoms with van der Waals surface area (Å²) in [4.78, 5) is 11.8. The van der Waals surface area contributed by atoms with E-state index in [1.54, 1.807) is 0 Å². The van der Waals surface area contributed by atoms with Gasteiger partial charge in [0.25, 0.3) is 0 Å². The molecule has 1 saturated carbocycles. The first-order chi connectivity index (χ1) is 7.24. The molecule has 1 unspecified atom stereocenters. The summed E-state index contributed by atoms with van der Waals surface area (Å²) in [6, 6.07) is 0.276. The number of hydrogen-bond acceptors (Lipinski definition) is 1. The van der Waals surface area contributed by atoms with Crippen molar-refractivity contribution < 1.29 is 4.79 Å². The third-order valence-electron chi connectivity index (χ3n) is 3.14. The third-order valence-corrected chi connectivity index (χ3v) is 3.40. The van der Waals surface area contributed by atoms with Gasteiger partial charge in [-0.25, -0.2) is 0 Å². The zero-order valence-electron chi connectivity index (χ0n) is 9.60. The van der Waals surface area contributed by atoms with Crippen LogP contribution in [0.1, 0.15) is 51.9 Å². The number of alkyl halides is 1. The van der Waals surface area contributed by atoms with Crippen LogP contribution < -0.4 is 5.32 Å². The summed E-state index contributed by atoms with van der Waals surface area (Å²) < 4.78 is 0. The van der Waals surface area contributed by atoms with Gasteiger partial charge in [0.15, 0.2) is 0 Å². The van der Waals surface area contributed by atoms with E-state index < -0.39 is 0 Å². The maximum Gasteiger partial charge on any atom is 0.223 e. The Morgan fingerprint density at radius 3 is 2.67 bits per heavy atom. The Kier molecular flexibility index (Phi) is 6.07. The summed E-state index contributed by atoms with van der Waals surface area (Å²) in [5.41, 5.74) is 0. The van der Waals surface area contributed by atoms with E-state index >= 15 is 0 Å². The van der Waals surface area contributed by atoms with Crippen LogP contribution in [0.25, 0.3) is 0 Å². The van der Waals surface area contributed by atoms with Gasteiger partial charge in [-0.1, -0.05) is 19.3 Å². The predicted octanol–water partition coefficient (Wildman–Crippen LogP) is 3.09. The van der Waals surface area contributed by atoms with E-state index in [0.29, 0.717) is 5.88 Å². The molecule has 1 fully saturated rings. The number of carbonyl (C=O) groups is 1. The number of amides is 1. The van der Waals surface area contributed by atoms with E-state index in [1.807, 2.05) is 0 Å². The summed E-state index contributed by atoms with van der Waals surface area (Å²) in [5.74, 6) is 1.22. The summed E-state index contributed by atoms with van der Waals surface area (Å²) in [7, 11) is 0. The Labute approximate surface area is 97.8 Å². The highest BCUT2D eigenvalue weighted by molar-refractivity contribution is 6.17. The highest BCUT2D eigenvalue weighted by Gasteiger charge is 2.21. The number of carbonyl (C=O) groups excluding carboxylic acids is 1. The van der Waals surface area contributed by atoms with Crippen LogP contribution in [0, 0.1) is 5.92 Å². The number of hydrogen-bond donors (Lipinski definition) is 1. The number of rotatable bonds is 5. The number of halogens is 1. The fourth-order valence-corrected chi connectivity index (χ4v) is 2.34. The normalized spacial score (nSPS) is 19.9. The molecule has 1 amide bonds. The predicted molar refractivity (Wildman–Crippen MR) is 64.1 cm³/mol. The van der Waals surface area contributed by atoms with Crippen molar-refractivity contribution in [2.75, 3.05) is 5.88 Å². The van der Waals surface area contributed by atoms with Gasteiger partial charge >= 0.3 is 0 Å². The second-order valence-electron chi connectivity index (χ2n) is 4.58. The lowest BCUT2D eigenvalue weighted by Crippen LogP contribution is -2.38. The molecule has 0 aromatic carbocycles. The lowest BCUT2D eigenvalue weighted by molar-refractivity contribution is -0.126. The molecule has 2 nitrogen and oxygen atoms in total. The van der Waals surface area contributed by atoms with E-state index in [2.05, 4.69) is 12.2 Å². The molecule has 1 atom stereocenters. The van der Waals surface area contributed by atoms with E-state index in [4.69, 9.17) is 11.6 Å². The monoisotopic (exact) mass is 231 g/mol. The molecule has 0 spiro atoms. The lowest BCUT2D eigenvalue weighted by Gasteiger charge is -2.23. The third kappa shape index (κ3) is 4.87. The summed E-state index contributed by atoms with van der Waals surface area (Å²) in [6.45, 7) is 2.06. The molecule has 1 N–H and O–H groups in total. The molecule has 1 aliphatic rings. The van der Waals surface area contributed by atoms with Gasteiger partial charge in [-0.05, 0) is 32.6 Å². The maximum absolute atomic E-state index is 11.8. The smallest absolute Gasteiger partial charge is 0.223 e. The fourth-order valence-electron chi connectivity index (χ4n) is 2.18. The van der Waals surface area contributed by atoms with Gasteiger partial charge in [0.2, 0.25) is 5.91 Å². The Morgan fingerprint density at radius 2 is 2.07 bits per heavy atom. The topological polar surface area (TPSA) is 29.1 Å². The first kappa shape index (κ1) is 12.8. The van der Waals surface area contributed by atoms with Crippen molar-refractivity contribution in [1.82, 2.24) is 5.32 Å². The lowest BCUT2D eigenvalue weighted by atomic mass is 9.88. The molecular formula is C12H22ClNO. The standard InChI is InChI=1S/C12H22ClNO/c1-10(6-5-9-13)14-12(15)11-7-3-2-4-8-11/h10-11H,2-9H2,1H3,(H,14,15). The van der Waals surface area contributed by atoms with Gasteiger partial charge in [0, 0.05) is 17.8 Å². The molecule has 1 rings (SSSR count). The van der Waals surface area contributed by atoms with Crippen molar-refractivity contribution >= 4 is 17.5 Å². The Hall–Kier alpha value is -0.240. The van der Waals surface area contributed by atoms with Gasteiger partial charge in [0.05, 0.1) is 0 Å². The second kappa shape index (κ2) is 7.10. The van der Waals surface area contributed by atoms with Gasteiger partial charge < -0.3 is 5.32 Å². The quantitative estimate of drug-likeness (QED) is 0.724. The summed E-state index contributed by atoms with van der Waals surface area (Å²) in [5, 5.41) is 3.09. The Balaban J connectivity index is 2.21. The fraction of sp³-hybridized carbons (Fsp3) is 0.917. The zero-order chi connectivity index (χ0) is 11.1. The van der Waals surface area contributed by atoms with Crippen molar-refractivity contribution in [3.8, 4) is 0 Å². The second-order valence-corrected chi connectivity index (χ2v) is 4.95. The van der Waals surface area contributed by atoms with Gasteiger partial charge in [-0.15, -0.1) is 11.6 Å². The number of nitrogens with one attached hydrogen (secondary N) is 1. The highest BCUT2D eigenvalue weighted by Crippen LogP contribution is 2.23. The van der Waals surface area contributed by atoms with Crippen molar-refractivity contribution in [3.63, 3.8) is 0 Å². The first-order valence-corrected chi connectivity index (χ1v) is 6.64. The molecule has 88 valence electrons. The average Bonchev–Trinajstić information content (AvgIpc) is 2.27. The highest BCUT2D eigenvalue weighted by atomic mass is 35.5. The first-order valence-electron chi connectivity index (χ1n) is 6.10. The molecular weight excluding hydrogens is 210 g/mol. The molecule has 0 aromatic rings. The van der Waals surface area contributed by atoms with Crippen LogP contribution in [0.4, 0.5) is 0 Å². The average molecular weight is 232 g/mol. The molecule has 0 bridgehead atoms. The minimum atomic E-state index is 0.261. The molecule has 1 aliphatic carbocycles. The molecule has 15 heavy (non-hydrogen) atoms. The van der Waals surface area contributed by atoms with Gasteiger partial charge in [0.1, 0.15) is 0 Å². The maximum atomic E-state index is 11.8. The van der Waals surface area contributed by atoms with Crippen molar-refractivity contribution in [1.29, 1.82) is 0 Å². The minimum Gasteiger partial charge on any atom is -0.353 e. The van der Waals surface area contributed by atoms with Crippen molar-refractivity contribution in [3.05, 3.63) is 0 Å². The SMILES string of the molecule is CC(CCCCl)NC(=O)C1CCCCC1. The van der Waals surface area contributed by atoms with Crippen LogP contribution in [0.5, 0.6) is 0 Å². The molecule has 0 heterocycles. The van der Waals surface area contributed by atoms with Crippen LogP contribution in [0.2, 0.25) is 0 Å². The van der Waals surface area contributed by atoms with Crippen molar-refractivity contribution in [2.45, 2.75) is 57.9 Å². The molecule has 0 aromatic heterocycles. The van der Waals surface area contributed by atoms with Crippen LogP contribution in [-0.4, -0.2) is 17.8 Å². The Bertz CT molecular complexity index is 190. The van der Waals surface area contributed by atoms with E-state index in [0.717, 1.165) is 25.7 Å². The zero-order valence-corrected chi connectivity index (χ0v) is 10.4. The van der Waals surface area contributed by atoms with Crippen LogP contribution in [-0.2, 0) is 4.79 Å². The summed E-state index contributed by atoms with van der Waals surface area (Å²) >= 11 is 5.62. The van der Waals surface area contributed by atoms with E-state index in [-0.39, 0.29) is 17.9 Å². The van der Waals surface area contributed by atoms with E-state index in [9.17, 15) is 4.79 Å². The van der Waals surface area contributed by atoms with Gasteiger partial charge in [-0.2, -0.15) is 0 Å². The van der Waals surface area contributed by atoms with Crippen molar-refractivity contribution in [2.24, 2.45) is 5.92 Å².